The van der Waals surface area contributed by atoms with Crippen LogP contribution < -0.4 is 0 Å². The number of thioether (sulfide) groups is 1. The van der Waals surface area contributed by atoms with Crippen molar-refractivity contribution in [1.29, 1.82) is 0 Å². The Bertz CT molecular complexity index is 757. The maximum absolute atomic E-state index is 11.8. The van der Waals surface area contributed by atoms with Crippen molar-refractivity contribution in [2.45, 2.75) is 63.4 Å². The van der Waals surface area contributed by atoms with Crippen molar-refractivity contribution in [3.63, 3.8) is 0 Å². The van der Waals surface area contributed by atoms with E-state index >= 15 is 0 Å². The van der Waals surface area contributed by atoms with Crippen molar-refractivity contribution < 1.29 is 9.53 Å². The number of rotatable bonds is 3. The number of hydrogen-bond acceptors (Lipinski definition) is 3. The van der Waals surface area contributed by atoms with Crippen molar-refractivity contribution in [2.24, 2.45) is 35.0 Å². The predicted octanol–water partition coefficient (Wildman–Crippen LogP) is 6.08. The number of esters is 1. The highest BCUT2D eigenvalue weighted by atomic mass is 32.2. The zero-order chi connectivity index (χ0) is 18.6. The largest absolute Gasteiger partial charge is 0.462 e. The van der Waals surface area contributed by atoms with Crippen LogP contribution in [0.2, 0.25) is 0 Å². The van der Waals surface area contributed by atoms with E-state index in [2.05, 4.69) is 43.3 Å². The van der Waals surface area contributed by atoms with E-state index in [1.165, 1.54) is 30.6 Å². The van der Waals surface area contributed by atoms with E-state index in [0.717, 1.165) is 30.6 Å². The van der Waals surface area contributed by atoms with Crippen LogP contribution >= 0.6 is 11.8 Å². The lowest BCUT2D eigenvalue weighted by molar-refractivity contribution is -0.176. The van der Waals surface area contributed by atoms with Gasteiger partial charge >= 0.3 is 5.97 Å². The number of allylic oxidation sites excluding steroid dienone is 2. The average Bonchev–Trinajstić information content (AvgIpc) is 3.02. The molecule has 144 valence electrons. The Morgan fingerprint density at radius 1 is 1.15 bits per heavy atom. The molecule has 0 unspecified atom stereocenters. The maximum Gasteiger partial charge on any atom is 0.302 e. The molecule has 27 heavy (non-hydrogen) atoms. The summed E-state index contributed by atoms with van der Waals surface area (Å²) in [6.45, 7) is 4.04. The smallest absolute Gasteiger partial charge is 0.302 e. The standard InChI is InChI=1S/C24H30O2S/c1-15-12-17-13-22(26-16(2)25)20-10-11-23(27-18-6-4-3-5-7-18)21-9-8-19(17)24(20,21)14-15/h3-7,11,15,17,19-22H,8-10,12-14H2,1-2H3/t15-,17-,19-,20-,21+,22+,24-/m1/s1. The minimum Gasteiger partial charge on any atom is -0.462 e. The molecule has 1 aromatic carbocycles. The average molecular weight is 383 g/mol. The van der Waals surface area contributed by atoms with Gasteiger partial charge in [-0.3, -0.25) is 4.79 Å². The quantitative estimate of drug-likeness (QED) is 0.593. The molecule has 3 fully saturated rings. The summed E-state index contributed by atoms with van der Waals surface area (Å²) in [5.41, 5.74) is 0.368. The summed E-state index contributed by atoms with van der Waals surface area (Å²) in [6.07, 6.45) is 10.2. The Kier molecular flexibility index (Phi) is 4.42. The first-order chi connectivity index (χ1) is 13.1. The monoisotopic (exact) mass is 382 g/mol. The third-order valence-corrected chi connectivity index (χ3v) is 9.16. The van der Waals surface area contributed by atoms with Crippen LogP contribution in [-0.4, -0.2) is 12.1 Å². The fraction of sp³-hybridized carbons (Fsp3) is 0.625. The van der Waals surface area contributed by atoms with Crippen molar-refractivity contribution in [3.05, 3.63) is 41.3 Å². The molecular formula is C24H30O2S. The Balaban J connectivity index is 1.53. The van der Waals surface area contributed by atoms with Gasteiger partial charge in [0.1, 0.15) is 6.10 Å². The molecule has 3 heteroatoms. The van der Waals surface area contributed by atoms with Gasteiger partial charge in [0.05, 0.1) is 0 Å². The summed E-state index contributed by atoms with van der Waals surface area (Å²) < 4.78 is 5.93. The van der Waals surface area contributed by atoms with Gasteiger partial charge in [-0.25, -0.2) is 0 Å². The molecule has 0 aromatic heterocycles. The van der Waals surface area contributed by atoms with Crippen LogP contribution in [0, 0.1) is 35.0 Å². The topological polar surface area (TPSA) is 26.3 Å². The van der Waals surface area contributed by atoms with Crippen LogP contribution in [-0.2, 0) is 9.53 Å². The second-order valence-electron chi connectivity index (χ2n) is 9.40. The molecule has 4 aliphatic carbocycles. The summed E-state index contributed by atoms with van der Waals surface area (Å²) in [7, 11) is 0. The normalized spacial score (nSPS) is 42.2. The van der Waals surface area contributed by atoms with Gasteiger partial charge in [-0.1, -0.05) is 43.0 Å². The van der Waals surface area contributed by atoms with E-state index in [1.54, 1.807) is 11.8 Å². The molecule has 4 aliphatic rings. The third-order valence-electron chi connectivity index (χ3n) is 7.97. The summed E-state index contributed by atoms with van der Waals surface area (Å²) in [5.74, 6) is 3.49. The molecule has 5 rings (SSSR count). The lowest BCUT2D eigenvalue weighted by atomic mass is 9.45. The van der Waals surface area contributed by atoms with Crippen molar-refractivity contribution in [3.8, 4) is 0 Å². The molecular weight excluding hydrogens is 352 g/mol. The molecule has 7 atom stereocenters. The Morgan fingerprint density at radius 3 is 2.74 bits per heavy atom. The van der Waals surface area contributed by atoms with E-state index in [-0.39, 0.29) is 12.1 Å². The van der Waals surface area contributed by atoms with E-state index in [0.29, 0.717) is 17.3 Å². The molecule has 3 saturated carbocycles. The first-order valence-electron chi connectivity index (χ1n) is 10.7. The van der Waals surface area contributed by atoms with Gasteiger partial charge in [-0.05, 0) is 84.6 Å². The number of benzene rings is 1. The van der Waals surface area contributed by atoms with Crippen molar-refractivity contribution in [2.75, 3.05) is 0 Å². The predicted molar refractivity (Wildman–Crippen MR) is 109 cm³/mol. The van der Waals surface area contributed by atoms with Crippen molar-refractivity contribution in [1.82, 2.24) is 0 Å². The highest BCUT2D eigenvalue weighted by molar-refractivity contribution is 8.03. The summed E-state index contributed by atoms with van der Waals surface area (Å²) in [6, 6.07) is 10.8. The van der Waals surface area contributed by atoms with Gasteiger partial charge in [0.25, 0.3) is 0 Å². The van der Waals surface area contributed by atoms with E-state index < -0.39 is 0 Å². The second-order valence-corrected chi connectivity index (χ2v) is 10.5. The van der Waals surface area contributed by atoms with Crippen LogP contribution in [0.5, 0.6) is 0 Å². The first-order valence-corrected chi connectivity index (χ1v) is 11.5. The van der Waals surface area contributed by atoms with Gasteiger partial charge in [0.2, 0.25) is 0 Å². The molecule has 0 amide bonds. The van der Waals surface area contributed by atoms with Crippen LogP contribution in [0.25, 0.3) is 0 Å². The van der Waals surface area contributed by atoms with Gasteiger partial charge in [0.15, 0.2) is 0 Å². The molecule has 2 bridgehead atoms. The van der Waals surface area contributed by atoms with Gasteiger partial charge < -0.3 is 4.74 Å². The zero-order valence-corrected chi connectivity index (χ0v) is 17.2. The van der Waals surface area contributed by atoms with Crippen LogP contribution in [0.15, 0.2) is 46.2 Å². The maximum atomic E-state index is 11.8. The highest BCUT2D eigenvalue weighted by Crippen LogP contribution is 2.71. The molecule has 0 saturated heterocycles. The van der Waals surface area contributed by atoms with Crippen molar-refractivity contribution >= 4 is 17.7 Å². The van der Waals surface area contributed by atoms with Crippen LogP contribution in [0.3, 0.4) is 0 Å². The summed E-state index contributed by atoms with van der Waals surface area (Å²) in [4.78, 5) is 14.8. The summed E-state index contributed by atoms with van der Waals surface area (Å²) in [5, 5.41) is 0. The first kappa shape index (κ1) is 17.8. The minimum absolute atomic E-state index is 0.0936. The van der Waals surface area contributed by atoms with Crippen LogP contribution in [0.4, 0.5) is 0 Å². The minimum atomic E-state index is -0.0936. The molecule has 0 N–H and O–H groups in total. The fourth-order valence-corrected chi connectivity index (χ4v) is 8.70. The molecule has 0 radical (unpaired) electrons. The lowest BCUT2D eigenvalue weighted by Crippen LogP contribution is -2.57. The zero-order valence-electron chi connectivity index (χ0n) is 16.4. The number of carbonyl (C=O) groups is 1. The highest BCUT2D eigenvalue weighted by Gasteiger charge is 2.65. The summed E-state index contributed by atoms with van der Waals surface area (Å²) >= 11 is 1.99. The molecule has 2 nitrogen and oxygen atoms in total. The number of carbonyl (C=O) groups excluding carboxylic acids is 1. The Hall–Kier alpha value is -1.22. The number of hydrogen-bond donors (Lipinski definition) is 0. The fourth-order valence-electron chi connectivity index (χ4n) is 7.48. The van der Waals surface area contributed by atoms with E-state index in [9.17, 15) is 4.79 Å². The van der Waals surface area contributed by atoms with Gasteiger partial charge in [-0.2, -0.15) is 0 Å². The molecule has 1 spiro atoms. The Labute approximate surface area is 167 Å². The second kappa shape index (κ2) is 6.69. The molecule has 1 aromatic rings. The van der Waals surface area contributed by atoms with E-state index in [4.69, 9.17) is 4.74 Å². The molecule has 0 aliphatic heterocycles. The Morgan fingerprint density at radius 2 is 1.96 bits per heavy atom. The lowest BCUT2D eigenvalue weighted by Gasteiger charge is -2.61. The number of ether oxygens (including phenoxy) is 1. The third kappa shape index (κ3) is 2.80. The van der Waals surface area contributed by atoms with Gasteiger partial charge in [-0.15, -0.1) is 0 Å². The van der Waals surface area contributed by atoms with Gasteiger partial charge in [0, 0.05) is 17.7 Å². The SMILES string of the molecule is CC(=O)O[C@H]1C[C@H]2C[C@@H](C)C[C@]34[C@@H]2CC[C@H]3C(Sc2ccccc2)=CC[C@H]14. The van der Waals surface area contributed by atoms with Crippen LogP contribution in [0.1, 0.15) is 52.4 Å². The van der Waals surface area contributed by atoms with E-state index in [1.807, 2.05) is 11.8 Å². The molecule has 0 heterocycles.